The van der Waals surface area contributed by atoms with Crippen LogP contribution in [0.25, 0.3) is 0 Å². The van der Waals surface area contributed by atoms with Gasteiger partial charge in [0.15, 0.2) is 0 Å². The SMILES string of the molecule is CNC(Cc1ccc(C)cc1Cl)c1ccc(Br)cc1OC. The highest BCUT2D eigenvalue weighted by molar-refractivity contribution is 9.10. The first-order chi connectivity index (χ1) is 10.0. The van der Waals surface area contributed by atoms with E-state index in [1.54, 1.807) is 7.11 Å². The zero-order valence-corrected chi connectivity index (χ0v) is 14.8. The summed E-state index contributed by atoms with van der Waals surface area (Å²) in [6.45, 7) is 2.04. The summed E-state index contributed by atoms with van der Waals surface area (Å²) in [4.78, 5) is 0. The molecule has 0 amide bonds. The average Bonchev–Trinajstić information content (AvgIpc) is 2.47. The van der Waals surface area contributed by atoms with E-state index in [0.717, 1.165) is 32.8 Å². The summed E-state index contributed by atoms with van der Waals surface area (Å²) in [6, 6.07) is 12.4. The minimum atomic E-state index is 0.147. The number of hydrogen-bond acceptors (Lipinski definition) is 2. The van der Waals surface area contributed by atoms with Crippen LogP contribution in [-0.4, -0.2) is 14.2 Å². The first-order valence-electron chi connectivity index (χ1n) is 6.81. The van der Waals surface area contributed by atoms with Crippen LogP contribution in [0.4, 0.5) is 0 Å². The molecule has 2 aromatic rings. The van der Waals surface area contributed by atoms with E-state index in [4.69, 9.17) is 16.3 Å². The van der Waals surface area contributed by atoms with Gasteiger partial charge >= 0.3 is 0 Å². The van der Waals surface area contributed by atoms with Crippen molar-refractivity contribution in [1.29, 1.82) is 0 Å². The molecule has 2 rings (SSSR count). The van der Waals surface area contributed by atoms with Crippen LogP contribution in [0.3, 0.4) is 0 Å². The Morgan fingerprint density at radius 2 is 2.00 bits per heavy atom. The lowest BCUT2D eigenvalue weighted by atomic mass is 9.97. The number of hydrogen-bond donors (Lipinski definition) is 1. The molecule has 2 aromatic carbocycles. The molecule has 0 bridgehead atoms. The molecule has 0 saturated heterocycles. The molecule has 0 radical (unpaired) electrons. The van der Waals surface area contributed by atoms with Crippen LogP contribution in [0.1, 0.15) is 22.7 Å². The predicted octanol–water partition coefficient (Wildman–Crippen LogP) is 4.92. The molecular weight excluding hydrogens is 350 g/mol. The van der Waals surface area contributed by atoms with Gasteiger partial charge in [-0.1, -0.05) is 45.7 Å². The van der Waals surface area contributed by atoms with Gasteiger partial charge in [-0.25, -0.2) is 0 Å². The van der Waals surface area contributed by atoms with Gasteiger partial charge in [0, 0.05) is 21.1 Å². The second-order valence-electron chi connectivity index (χ2n) is 5.03. The second kappa shape index (κ2) is 7.30. The highest BCUT2D eigenvalue weighted by Gasteiger charge is 2.16. The van der Waals surface area contributed by atoms with Crippen LogP contribution in [0, 0.1) is 6.92 Å². The molecule has 1 atom stereocenters. The van der Waals surface area contributed by atoms with E-state index in [0.29, 0.717) is 0 Å². The van der Waals surface area contributed by atoms with Gasteiger partial charge in [-0.15, -0.1) is 0 Å². The molecule has 0 aliphatic rings. The number of methoxy groups -OCH3 is 1. The Hall–Kier alpha value is -1.03. The molecule has 1 unspecified atom stereocenters. The summed E-state index contributed by atoms with van der Waals surface area (Å²) in [7, 11) is 3.64. The van der Waals surface area contributed by atoms with E-state index in [1.807, 2.05) is 32.2 Å². The summed E-state index contributed by atoms with van der Waals surface area (Å²) >= 11 is 9.82. The van der Waals surface area contributed by atoms with Crippen LogP contribution < -0.4 is 10.1 Å². The fraction of sp³-hybridized carbons (Fsp3) is 0.294. The minimum absolute atomic E-state index is 0.147. The number of halogens is 2. The van der Waals surface area contributed by atoms with Gasteiger partial charge < -0.3 is 10.1 Å². The maximum Gasteiger partial charge on any atom is 0.124 e. The lowest BCUT2D eigenvalue weighted by Crippen LogP contribution is -2.19. The molecule has 1 N–H and O–H groups in total. The predicted molar refractivity (Wildman–Crippen MR) is 92.4 cm³/mol. The molecule has 4 heteroatoms. The third-order valence-electron chi connectivity index (χ3n) is 3.55. The molecule has 0 fully saturated rings. The van der Waals surface area contributed by atoms with Gasteiger partial charge in [0.05, 0.1) is 7.11 Å². The summed E-state index contributed by atoms with van der Waals surface area (Å²) in [5.41, 5.74) is 3.43. The number of likely N-dealkylation sites (N-methyl/N-ethyl adjacent to an activating group) is 1. The molecule has 0 saturated carbocycles. The highest BCUT2D eigenvalue weighted by Crippen LogP contribution is 2.31. The number of rotatable bonds is 5. The van der Waals surface area contributed by atoms with E-state index >= 15 is 0 Å². The summed E-state index contributed by atoms with van der Waals surface area (Å²) in [6.07, 6.45) is 0.813. The zero-order chi connectivity index (χ0) is 15.4. The first kappa shape index (κ1) is 16.3. The van der Waals surface area contributed by atoms with E-state index in [1.165, 1.54) is 5.56 Å². The van der Waals surface area contributed by atoms with Gasteiger partial charge in [-0.3, -0.25) is 0 Å². The number of nitrogens with one attached hydrogen (secondary N) is 1. The van der Waals surface area contributed by atoms with Crippen molar-refractivity contribution in [2.75, 3.05) is 14.2 Å². The molecular formula is C17H19BrClNO. The fourth-order valence-electron chi connectivity index (χ4n) is 2.38. The maximum absolute atomic E-state index is 6.35. The smallest absolute Gasteiger partial charge is 0.124 e. The van der Waals surface area contributed by atoms with Gasteiger partial charge in [0.2, 0.25) is 0 Å². The summed E-state index contributed by atoms with van der Waals surface area (Å²) in [5, 5.41) is 4.16. The average molecular weight is 369 g/mol. The van der Waals surface area contributed by atoms with Gasteiger partial charge in [-0.05, 0) is 49.7 Å². The van der Waals surface area contributed by atoms with Crippen molar-refractivity contribution in [3.05, 3.63) is 62.6 Å². The Morgan fingerprint density at radius 3 is 2.62 bits per heavy atom. The molecule has 0 aliphatic heterocycles. The largest absolute Gasteiger partial charge is 0.496 e. The summed E-state index contributed by atoms with van der Waals surface area (Å²) < 4.78 is 6.50. The van der Waals surface area contributed by atoms with E-state index in [2.05, 4.69) is 39.4 Å². The van der Waals surface area contributed by atoms with Gasteiger partial charge in [0.25, 0.3) is 0 Å². The minimum Gasteiger partial charge on any atom is -0.496 e. The van der Waals surface area contributed by atoms with Gasteiger partial charge in [-0.2, -0.15) is 0 Å². The van der Waals surface area contributed by atoms with Crippen LogP contribution in [0.5, 0.6) is 5.75 Å². The molecule has 0 aliphatic carbocycles. The van der Waals surface area contributed by atoms with Crippen molar-refractivity contribution in [2.24, 2.45) is 0 Å². The number of aryl methyl sites for hydroxylation is 1. The topological polar surface area (TPSA) is 21.3 Å². The Kier molecular flexibility index (Phi) is 5.68. The Balaban J connectivity index is 2.32. The van der Waals surface area contributed by atoms with Crippen LogP contribution in [0.2, 0.25) is 5.02 Å². The second-order valence-corrected chi connectivity index (χ2v) is 6.35. The Bertz CT molecular complexity index is 630. The molecule has 0 spiro atoms. The Morgan fingerprint density at radius 1 is 1.24 bits per heavy atom. The van der Waals surface area contributed by atoms with Crippen molar-refractivity contribution in [3.63, 3.8) is 0 Å². The van der Waals surface area contributed by atoms with Crippen LogP contribution >= 0.6 is 27.5 Å². The first-order valence-corrected chi connectivity index (χ1v) is 7.98. The van der Waals surface area contributed by atoms with Crippen molar-refractivity contribution in [1.82, 2.24) is 5.32 Å². The quantitative estimate of drug-likeness (QED) is 0.808. The maximum atomic E-state index is 6.35. The third kappa shape index (κ3) is 4.00. The molecule has 21 heavy (non-hydrogen) atoms. The number of benzene rings is 2. The monoisotopic (exact) mass is 367 g/mol. The molecule has 2 nitrogen and oxygen atoms in total. The molecule has 112 valence electrons. The fourth-order valence-corrected chi connectivity index (χ4v) is 3.03. The van der Waals surface area contributed by atoms with E-state index in [-0.39, 0.29) is 6.04 Å². The van der Waals surface area contributed by atoms with Crippen molar-refractivity contribution < 1.29 is 4.74 Å². The molecule has 0 aromatic heterocycles. The third-order valence-corrected chi connectivity index (χ3v) is 4.40. The molecule has 0 heterocycles. The lowest BCUT2D eigenvalue weighted by molar-refractivity contribution is 0.401. The van der Waals surface area contributed by atoms with Gasteiger partial charge in [0.1, 0.15) is 5.75 Å². The van der Waals surface area contributed by atoms with Crippen LogP contribution in [0.15, 0.2) is 40.9 Å². The lowest BCUT2D eigenvalue weighted by Gasteiger charge is -2.20. The Labute approximate surface area is 139 Å². The standard InChI is InChI=1S/C17H19BrClNO/c1-11-4-5-12(15(19)8-11)9-16(20-2)14-7-6-13(18)10-17(14)21-3/h4-8,10,16,20H,9H2,1-3H3. The van der Waals surface area contributed by atoms with Crippen molar-refractivity contribution in [3.8, 4) is 5.75 Å². The van der Waals surface area contributed by atoms with Crippen LogP contribution in [-0.2, 0) is 6.42 Å². The number of ether oxygens (including phenoxy) is 1. The normalized spacial score (nSPS) is 12.2. The van der Waals surface area contributed by atoms with Crippen molar-refractivity contribution >= 4 is 27.5 Å². The highest BCUT2D eigenvalue weighted by atomic mass is 79.9. The zero-order valence-electron chi connectivity index (χ0n) is 12.4. The van der Waals surface area contributed by atoms with E-state index < -0.39 is 0 Å². The van der Waals surface area contributed by atoms with E-state index in [9.17, 15) is 0 Å². The summed E-state index contributed by atoms with van der Waals surface area (Å²) in [5.74, 6) is 0.868. The van der Waals surface area contributed by atoms with Crippen molar-refractivity contribution in [2.45, 2.75) is 19.4 Å².